The summed E-state index contributed by atoms with van der Waals surface area (Å²) in [7, 11) is 0. The first-order valence-corrected chi connectivity index (χ1v) is 8.47. The second-order valence-electron chi connectivity index (χ2n) is 5.96. The number of hydrogen-bond acceptors (Lipinski definition) is 4. The maximum Gasteiger partial charge on any atom is 0.261 e. The van der Waals surface area contributed by atoms with E-state index in [0.717, 1.165) is 5.56 Å². The van der Waals surface area contributed by atoms with Crippen molar-refractivity contribution in [2.24, 2.45) is 0 Å². The molecule has 136 valence electrons. The number of carbonyl (C=O) groups is 2. The number of carbonyl (C=O) groups excluding carboxylic acids is 2. The van der Waals surface area contributed by atoms with Crippen molar-refractivity contribution in [1.82, 2.24) is 14.8 Å². The van der Waals surface area contributed by atoms with Crippen LogP contribution in [0.2, 0.25) is 5.02 Å². The first kappa shape index (κ1) is 17.2. The van der Waals surface area contributed by atoms with Crippen molar-refractivity contribution in [3.05, 3.63) is 70.5 Å². The van der Waals surface area contributed by atoms with Crippen molar-refractivity contribution in [2.45, 2.75) is 12.5 Å². The van der Waals surface area contributed by atoms with Crippen LogP contribution in [-0.4, -0.2) is 26.6 Å². The third kappa shape index (κ3) is 3.39. The van der Waals surface area contributed by atoms with E-state index in [4.69, 9.17) is 11.6 Å². The van der Waals surface area contributed by atoms with Gasteiger partial charge in [-0.3, -0.25) is 20.2 Å². The molecule has 1 aromatic heterocycles. The fourth-order valence-electron chi connectivity index (χ4n) is 2.87. The molecule has 0 fully saturated rings. The van der Waals surface area contributed by atoms with Crippen molar-refractivity contribution in [1.29, 1.82) is 0 Å². The summed E-state index contributed by atoms with van der Waals surface area (Å²) in [6.07, 6.45) is 0.165. The Morgan fingerprint density at radius 3 is 2.70 bits per heavy atom. The van der Waals surface area contributed by atoms with Crippen molar-refractivity contribution in [3.63, 3.8) is 0 Å². The van der Waals surface area contributed by atoms with Gasteiger partial charge in [0.1, 0.15) is 5.82 Å². The molecule has 0 aliphatic carbocycles. The molecule has 2 aromatic carbocycles. The van der Waals surface area contributed by atoms with Gasteiger partial charge in [-0.25, -0.2) is 9.07 Å². The summed E-state index contributed by atoms with van der Waals surface area (Å²) >= 11 is 5.92. The van der Waals surface area contributed by atoms with Crippen molar-refractivity contribution in [2.75, 3.05) is 10.6 Å². The highest BCUT2D eigenvalue weighted by atomic mass is 35.5. The van der Waals surface area contributed by atoms with Gasteiger partial charge in [-0.1, -0.05) is 35.9 Å². The number of hydrogen-bond donors (Lipinski definition) is 2. The molecule has 7 nitrogen and oxygen atoms in total. The van der Waals surface area contributed by atoms with E-state index in [1.54, 1.807) is 30.3 Å². The molecule has 3 aromatic rings. The maximum atomic E-state index is 13.8. The summed E-state index contributed by atoms with van der Waals surface area (Å²) in [4.78, 5) is 28.4. The van der Waals surface area contributed by atoms with Crippen LogP contribution in [0.15, 0.2) is 48.5 Å². The molecule has 4 rings (SSSR count). The minimum atomic E-state index is -0.676. The number of anilines is 2. The lowest BCUT2D eigenvalue weighted by atomic mass is 10.0. The van der Waals surface area contributed by atoms with Gasteiger partial charge >= 0.3 is 0 Å². The van der Waals surface area contributed by atoms with Crippen molar-refractivity contribution < 1.29 is 14.0 Å². The van der Waals surface area contributed by atoms with Crippen LogP contribution in [0.25, 0.3) is 0 Å². The monoisotopic (exact) mass is 385 g/mol. The number of benzene rings is 2. The van der Waals surface area contributed by atoms with Crippen molar-refractivity contribution in [3.8, 4) is 0 Å². The van der Waals surface area contributed by atoms with Gasteiger partial charge in [0.05, 0.1) is 18.0 Å². The predicted octanol–water partition coefficient (Wildman–Crippen LogP) is 3.25. The lowest BCUT2D eigenvalue weighted by molar-refractivity contribution is -0.117. The number of halogens is 2. The van der Waals surface area contributed by atoms with E-state index in [2.05, 4.69) is 20.7 Å². The molecule has 0 unspecified atom stereocenters. The van der Waals surface area contributed by atoms with E-state index in [1.165, 1.54) is 22.9 Å². The number of rotatable bonds is 3. The van der Waals surface area contributed by atoms with Crippen LogP contribution in [0.5, 0.6) is 0 Å². The molecule has 0 radical (unpaired) electrons. The number of fused-ring (bicyclic) bond motifs is 1. The summed E-state index contributed by atoms with van der Waals surface area (Å²) < 4.78 is 15.3. The zero-order valence-corrected chi connectivity index (χ0v) is 14.6. The Morgan fingerprint density at radius 1 is 1.22 bits per heavy atom. The van der Waals surface area contributed by atoms with E-state index in [1.807, 2.05) is 0 Å². The average Bonchev–Trinajstić information content (AvgIpc) is 3.04. The topological polar surface area (TPSA) is 88.9 Å². The molecule has 0 spiro atoms. The molecule has 0 bridgehead atoms. The van der Waals surface area contributed by atoms with Crippen LogP contribution >= 0.6 is 11.6 Å². The Kier molecular flexibility index (Phi) is 4.33. The van der Waals surface area contributed by atoms with Gasteiger partial charge in [0.15, 0.2) is 0 Å². The van der Waals surface area contributed by atoms with Gasteiger partial charge in [0.2, 0.25) is 11.9 Å². The van der Waals surface area contributed by atoms with Crippen LogP contribution in [0.4, 0.5) is 16.3 Å². The molecule has 0 saturated carbocycles. The summed E-state index contributed by atoms with van der Waals surface area (Å²) in [5, 5.41) is 9.92. The standard InChI is InChI=1S/C18H13ClFN5O2/c19-11-7-5-10(6-8-11)14-9-15(26)21-18-23-17(24-25(14)18)22-16(27)12-3-1-2-4-13(12)20/h1-8,14H,9H2,(H2,21,22,23,24,26,27)/t14-/m0/s1. The van der Waals surface area contributed by atoms with E-state index < -0.39 is 17.8 Å². The van der Waals surface area contributed by atoms with E-state index in [-0.39, 0.29) is 29.8 Å². The molecule has 1 aliphatic rings. The maximum absolute atomic E-state index is 13.8. The minimum Gasteiger partial charge on any atom is -0.295 e. The Morgan fingerprint density at radius 2 is 1.96 bits per heavy atom. The third-order valence-electron chi connectivity index (χ3n) is 4.16. The molecule has 9 heteroatoms. The van der Waals surface area contributed by atoms with Crippen LogP contribution in [0.3, 0.4) is 0 Å². The van der Waals surface area contributed by atoms with Crippen molar-refractivity contribution >= 4 is 35.3 Å². The highest BCUT2D eigenvalue weighted by Gasteiger charge is 2.29. The number of nitrogens with zero attached hydrogens (tertiary/aromatic N) is 3. The Bertz CT molecular complexity index is 1030. The summed E-state index contributed by atoms with van der Waals surface area (Å²) in [5.41, 5.74) is 0.705. The van der Waals surface area contributed by atoms with Gasteiger partial charge in [-0.05, 0) is 29.8 Å². The van der Waals surface area contributed by atoms with Gasteiger partial charge in [0, 0.05) is 5.02 Å². The molecule has 1 aliphatic heterocycles. The van der Waals surface area contributed by atoms with Crippen LogP contribution in [0, 0.1) is 5.82 Å². The Balaban J connectivity index is 1.64. The summed E-state index contributed by atoms with van der Waals surface area (Å²) in [6.45, 7) is 0. The van der Waals surface area contributed by atoms with Gasteiger partial charge in [-0.2, -0.15) is 4.98 Å². The quantitative estimate of drug-likeness (QED) is 0.724. The average molecular weight is 386 g/mol. The van der Waals surface area contributed by atoms with Gasteiger partial charge in [0.25, 0.3) is 11.9 Å². The molecule has 2 N–H and O–H groups in total. The highest BCUT2D eigenvalue weighted by molar-refractivity contribution is 6.30. The Hall–Kier alpha value is -3.26. The summed E-state index contributed by atoms with van der Waals surface area (Å²) in [5.74, 6) is -1.37. The zero-order valence-electron chi connectivity index (χ0n) is 13.8. The number of amides is 2. The van der Waals surface area contributed by atoms with E-state index in [0.29, 0.717) is 5.02 Å². The van der Waals surface area contributed by atoms with Gasteiger partial charge in [-0.15, -0.1) is 5.10 Å². The SMILES string of the molecule is O=C1C[C@@H](c2ccc(Cl)cc2)n2nc(NC(=O)c3ccccc3F)nc2N1. The number of nitrogens with one attached hydrogen (secondary N) is 2. The smallest absolute Gasteiger partial charge is 0.261 e. The second-order valence-corrected chi connectivity index (χ2v) is 6.39. The fraction of sp³-hybridized carbons (Fsp3) is 0.111. The molecule has 1 atom stereocenters. The molecular weight excluding hydrogens is 373 g/mol. The first-order chi connectivity index (χ1) is 13.0. The largest absolute Gasteiger partial charge is 0.295 e. The molecule has 2 heterocycles. The molecule has 0 saturated heterocycles. The normalized spacial score (nSPS) is 15.8. The lowest BCUT2D eigenvalue weighted by Crippen LogP contribution is -2.29. The summed E-state index contributed by atoms with van der Waals surface area (Å²) in [6, 6.07) is 12.3. The second kappa shape index (κ2) is 6.81. The van der Waals surface area contributed by atoms with E-state index >= 15 is 0 Å². The highest BCUT2D eigenvalue weighted by Crippen LogP contribution is 2.30. The van der Waals surface area contributed by atoms with Crippen LogP contribution in [0.1, 0.15) is 28.4 Å². The van der Waals surface area contributed by atoms with Gasteiger partial charge < -0.3 is 0 Å². The molecule has 27 heavy (non-hydrogen) atoms. The molecular formula is C18H13ClFN5O2. The third-order valence-corrected chi connectivity index (χ3v) is 4.41. The molecule has 2 amide bonds. The predicted molar refractivity (Wildman–Crippen MR) is 97.2 cm³/mol. The van der Waals surface area contributed by atoms with Crippen LogP contribution < -0.4 is 10.6 Å². The minimum absolute atomic E-state index is 0.0283. The lowest BCUT2D eigenvalue weighted by Gasteiger charge is -2.23. The fourth-order valence-corrected chi connectivity index (χ4v) is 3.00. The van der Waals surface area contributed by atoms with Crippen LogP contribution in [-0.2, 0) is 4.79 Å². The first-order valence-electron chi connectivity index (χ1n) is 8.09. The number of aromatic nitrogens is 3. The Labute approximate surface area is 158 Å². The zero-order chi connectivity index (χ0) is 19.0. The van der Waals surface area contributed by atoms with E-state index in [9.17, 15) is 14.0 Å².